The van der Waals surface area contributed by atoms with E-state index in [9.17, 15) is 14.3 Å². The van der Waals surface area contributed by atoms with Crippen molar-refractivity contribution in [2.45, 2.75) is 57.3 Å². The molecule has 1 aromatic rings. The molecule has 1 fully saturated rings. The van der Waals surface area contributed by atoms with E-state index in [1.165, 1.54) is 6.07 Å². The van der Waals surface area contributed by atoms with Crippen LogP contribution in [-0.2, 0) is 0 Å². The average molecular weight is 324 g/mol. The van der Waals surface area contributed by atoms with Crippen LogP contribution in [-0.4, -0.2) is 35.9 Å². The highest BCUT2D eigenvalue weighted by Crippen LogP contribution is 2.19. The molecule has 1 aromatic carbocycles. The molecule has 0 saturated heterocycles. The van der Waals surface area contributed by atoms with Crippen LogP contribution in [0.3, 0.4) is 0 Å². The lowest BCUT2D eigenvalue weighted by Gasteiger charge is -2.28. The minimum Gasteiger partial charge on any atom is -0.486 e. The van der Waals surface area contributed by atoms with E-state index >= 15 is 0 Å². The number of carbonyl (C=O) groups excluding carboxylic acids is 1. The van der Waals surface area contributed by atoms with Crippen molar-refractivity contribution in [3.05, 3.63) is 30.1 Å². The summed E-state index contributed by atoms with van der Waals surface area (Å²) in [7, 11) is 0. The summed E-state index contributed by atoms with van der Waals surface area (Å²) < 4.78 is 19.2. The first-order valence-corrected chi connectivity index (χ1v) is 8.23. The van der Waals surface area contributed by atoms with E-state index in [1.807, 2.05) is 6.92 Å². The molecule has 1 saturated carbocycles. The molecular formula is C17H25FN2O3. The van der Waals surface area contributed by atoms with Gasteiger partial charge in [-0.25, -0.2) is 9.18 Å². The highest BCUT2D eigenvalue weighted by atomic mass is 19.1. The Hall–Kier alpha value is -1.82. The quantitative estimate of drug-likeness (QED) is 0.753. The van der Waals surface area contributed by atoms with Gasteiger partial charge in [0.15, 0.2) is 11.6 Å². The number of hydrogen-bond acceptors (Lipinski definition) is 3. The van der Waals surface area contributed by atoms with Crippen LogP contribution in [0.25, 0.3) is 0 Å². The second-order valence-corrected chi connectivity index (χ2v) is 5.89. The van der Waals surface area contributed by atoms with E-state index in [4.69, 9.17) is 4.74 Å². The molecule has 0 aliphatic heterocycles. The predicted molar refractivity (Wildman–Crippen MR) is 85.9 cm³/mol. The fourth-order valence-corrected chi connectivity index (χ4v) is 2.69. The van der Waals surface area contributed by atoms with Gasteiger partial charge in [-0.05, 0) is 31.4 Å². The van der Waals surface area contributed by atoms with Crippen molar-refractivity contribution in [2.24, 2.45) is 0 Å². The molecule has 0 spiro atoms. The molecule has 5 nitrogen and oxygen atoms in total. The lowest BCUT2D eigenvalue weighted by molar-refractivity contribution is 0.0938. The van der Waals surface area contributed by atoms with E-state index in [1.54, 1.807) is 18.2 Å². The van der Waals surface area contributed by atoms with Gasteiger partial charge in [0.2, 0.25) is 0 Å². The number of benzene rings is 1. The van der Waals surface area contributed by atoms with E-state index in [0.29, 0.717) is 6.42 Å². The average Bonchev–Trinajstić information content (AvgIpc) is 2.55. The molecule has 3 N–H and O–H groups in total. The van der Waals surface area contributed by atoms with Gasteiger partial charge in [0, 0.05) is 0 Å². The second kappa shape index (κ2) is 8.72. The second-order valence-electron chi connectivity index (χ2n) is 5.89. The largest absolute Gasteiger partial charge is 0.486 e. The van der Waals surface area contributed by atoms with Crippen molar-refractivity contribution in [2.75, 3.05) is 6.54 Å². The van der Waals surface area contributed by atoms with Crippen LogP contribution in [0.1, 0.15) is 39.0 Å². The molecule has 1 aliphatic rings. The topological polar surface area (TPSA) is 70.6 Å². The number of carbonyl (C=O) groups is 1. The molecule has 6 heteroatoms. The fourth-order valence-electron chi connectivity index (χ4n) is 2.69. The Morgan fingerprint density at radius 3 is 2.83 bits per heavy atom. The monoisotopic (exact) mass is 324 g/mol. The van der Waals surface area contributed by atoms with Gasteiger partial charge in [0.1, 0.15) is 6.10 Å². The Kier molecular flexibility index (Phi) is 6.65. The zero-order valence-corrected chi connectivity index (χ0v) is 13.4. The molecule has 0 radical (unpaired) electrons. The molecule has 3 unspecified atom stereocenters. The van der Waals surface area contributed by atoms with E-state index in [2.05, 4.69) is 10.6 Å². The fraction of sp³-hybridized carbons (Fsp3) is 0.588. The Morgan fingerprint density at radius 1 is 1.39 bits per heavy atom. The summed E-state index contributed by atoms with van der Waals surface area (Å²) in [6.45, 7) is 2.19. The smallest absolute Gasteiger partial charge is 0.315 e. The van der Waals surface area contributed by atoms with Gasteiger partial charge < -0.3 is 20.5 Å². The SMILES string of the molecule is CCC(CNC(=O)NC1CCCCC1O)Oc1ccccc1F. The summed E-state index contributed by atoms with van der Waals surface area (Å²) in [6.07, 6.45) is 3.36. The van der Waals surface area contributed by atoms with Crippen LogP contribution in [0, 0.1) is 5.82 Å². The number of aliphatic hydroxyl groups is 1. The third kappa shape index (κ3) is 5.39. The van der Waals surface area contributed by atoms with Crippen molar-refractivity contribution in [1.29, 1.82) is 0 Å². The van der Waals surface area contributed by atoms with Crippen molar-refractivity contribution in [3.63, 3.8) is 0 Å². The van der Waals surface area contributed by atoms with Crippen molar-refractivity contribution in [3.8, 4) is 5.75 Å². The summed E-state index contributed by atoms with van der Waals surface area (Å²) in [5, 5.41) is 15.4. The van der Waals surface area contributed by atoms with Crippen LogP contribution in [0.2, 0.25) is 0 Å². The van der Waals surface area contributed by atoms with Crippen LogP contribution in [0.4, 0.5) is 9.18 Å². The Balaban J connectivity index is 1.78. The number of rotatable bonds is 6. The van der Waals surface area contributed by atoms with E-state index in [-0.39, 0.29) is 30.5 Å². The lowest BCUT2D eigenvalue weighted by atomic mass is 9.93. The number of nitrogens with one attached hydrogen (secondary N) is 2. The molecule has 0 heterocycles. The maximum atomic E-state index is 13.6. The zero-order chi connectivity index (χ0) is 16.7. The number of hydrogen-bond donors (Lipinski definition) is 3. The van der Waals surface area contributed by atoms with Gasteiger partial charge in [0.05, 0.1) is 18.7 Å². The molecule has 2 amide bonds. The number of aliphatic hydroxyl groups excluding tert-OH is 1. The summed E-state index contributed by atoms with van der Waals surface area (Å²) in [5.74, 6) is -0.231. The third-order valence-electron chi connectivity index (χ3n) is 4.12. The zero-order valence-electron chi connectivity index (χ0n) is 13.4. The first-order chi connectivity index (χ1) is 11.1. The molecule has 1 aliphatic carbocycles. The number of ether oxygens (including phenoxy) is 1. The van der Waals surface area contributed by atoms with Gasteiger partial charge >= 0.3 is 6.03 Å². The van der Waals surface area contributed by atoms with Crippen LogP contribution >= 0.6 is 0 Å². The minimum absolute atomic E-state index is 0.185. The Morgan fingerprint density at radius 2 is 2.13 bits per heavy atom. The molecule has 0 aromatic heterocycles. The summed E-state index contributed by atoms with van der Waals surface area (Å²) >= 11 is 0. The van der Waals surface area contributed by atoms with Gasteiger partial charge in [-0.15, -0.1) is 0 Å². The number of urea groups is 1. The highest BCUT2D eigenvalue weighted by molar-refractivity contribution is 5.74. The Labute approximate surface area is 136 Å². The highest BCUT2D eigenvalue weighted by Gasteiger charge is 2.24. The van der Waals surface area contributed by atoms with Gasteiger partial charge in [-0.1, -0.05) is 31.9 Å². The van der Waals surface area contributed by atoms with Crippen LogP contribution < -0.4 is 15.4 Å². The first kappa shape index (κ1) is 17.5. The number of halogens is 1. The molecule has 128 valence electrons. The van der Waals surface area contributed by atoms with E-state index < -0.39 is 11.9 Å². The van der Waals surface area contributed by atoms with Gasteiger partial charge in [-0.2, -0.15) is 0 Å². The van der Waals surface area contributed by atoms with Crippen molar-refractivity contribution in [1.82, 2.24) is 10.6 Å². The molecule has 23 heavy (non-hydrogen) atoms. The van der Waals surface area contributed by atoms with Crippen LogP contribution in [0.15, 0.2) is 24.3 Å². The molecule has 2 rings (SSSR count). The number of para-hydroxylation sites is 1. The third-order valence-corrected chi connectivity index (χ3v) is 4.12. The molecular weight excluding hydrogens is 299 g/mol. The lowest BCUT2D eigenvalue weighted by Crippen LogP contribution is -2.50. The summed E-state index contributed by atoms with van der Waals surface area (Å²) in [6, 6.07) is 5.69. The molecule has 0 bridgehead atoms. The summed E-state index contributed by atoms with van der Waals surface area (Å²) in [4.78, 5) is 11.9. The first-order valence-electron chi connectivity index (χ1n) is 8.23. The van der Waals surface area contributed by atoms with Crippen molar-refractivity contribution >= 4 is 6.03 Å². The van der Waals surface area contributed by atoms with E-state index in [0.717, 1.165) is 25.7 Å². The molecule has 3 atom stereocenters. The van der Waals surface area contributed by atoms with Crippen molar-refractivity contribution < 1.29 is 19.0 Å². The standard InChI is InChI=1S/C17H25FN2O3/c1-2-12(23-16-10-6-3-7-13(16)18)11-19-17(22)20-14-8-4-5-9-15(14)21/h3,6-7,10,12,14-15,21H,2,4-5,8-9,11H2,1H3,(H2,19,20,22). The maximum Gasteiger partial charge on any atom is 0.315 e. The Bertz CT molecular complexity index is 512. The number of amides is 2. The summed E-state index contributed by atoms with van der Waals surface area (Å²) in [5.41, 5.74) is 0. The normalized spacial score (nSPS) is 22.2. The van der Waals surface area contributed by atoms with Gasteiger partial charge in [-0.3, -0.25) is 0 Å². The van der Waals surface area contributed by atoms with Gasteiger partial charge in [0.25, 0.3) is 0 Å². The van der Waals surface area contributed by atoms with Crippen LogP contribution in [0.5, 0.6) is 5.75 Å². The predicted octanol–water partition coefficient (Wildman–Crippen LogP) is 2.59. The minimum atomic E-state index is -0.480. The maximum absolute atomic E-state index is 13.6.